The molecule has 2 heterocycles. The maximum atomic E-state index is 13.2. The molecule has 0 aliphatic rings. The van der Waals surface area contributed by atoms with Crippen LogP contribution in [-0.2, 0) is 13.1 Å². The molecule has 0 spiro atoms. The number of para-hydroxylation sites is 2. The summed E-state index contributed by atoms with van der Waals surface area (Å²) in [6.07, 6.45) is 3.29. The van der Waals surface area contributed by atoms with Gasteiger partial charge in [-0.25, -0.2) is 0 Å². The third kappa shape index (κ3) is 5.10. The molecule has 0 bridgehead atoms. The number of pyridine rings is 2. The lowest BCUT2D eigenvalue weighted by molar-refractivity contribution is 0.0950. The Bertz CT molecular complexity index is 1760. The van der Waals surface area contributed by atoms with Gasteiger partial charge in [0.05, 0.1) is 19.2 Å². The quantitative estimate of drug-likeness (QED) is 0.331. The highest BCUT2D eigenvalue weighted by atomic mass is 35.5. The average Bonchev–Trinajstić information content (AvgIpc) is 2.94. The first-order valence-electron chi connectivity index (χ1n) is 11.9. The molecule has 0 saturated carbocycles. The van der Waals surface area contributed by atoms with Crippen molar-refractivity contribution in [2.75, 3.05) is 7.11 Å². The SMILES string of the molecule is COc1ccccc1Cn1ccc(C(=O)NCc2cn(-c3ccccc3)c3cc(Cl)ccc3c2=O)cc1=O. The first-order valence-corrected chi connectivity index (χ1v) is 12.3. The van der Waals surface area contributed by atoms with Gasteiger partial charge >= 0.3 is 0 Å². The smallest absolute Gasteiger partial charge is 0.251 e. The van der Waals surface area contributed by atoms with Gasteiger partial charge in [-0.1, -0.05) is 48.0 Å². The summed E-state index contributed by atoms with van der Waals surface area (Å²) in [5.74, 6) is 0.230. The molecule has 0 fully saturated rings. The van der Waals surface area contributed by atoms with Gasteiger partial charge in [-0.2, -0.15) is 0 Å². The number of carbonyl (C=O) groups is 1. The molecular weight excluding hydrogens is 502 g/mol. The van der Waals surface area contributed by atoms with Crippen LogP contribution in [0.25, 0.3) is 16.6 Å². The van der Waals surface area contributed by atoms with Gasteiger partial charge in [0.15, 0.2) is 5.43 Å². The van der Waals surface area contributed by atoms with Crippen LogP contribution in [0, 0.1) is 0 Å². The molecule has 5 aromatic rings. The van der Waals surface area contributed by atoms with E-state index in [-0.39, 0.29) is 23.1 Å². The predicted molar refractivity (Wildman–Crippen MR) is 149 cm³/mol. The number of halogens is 1. The minimum atomic E-state index is -0.451. The average molecular weight is 526 g/mol. The Labute approximate surface area is 223 Å². The molecule has 5 rings (SSSR count). The molecule has 3 aromatic carbocycles. The molecule has 0 radical (unpaired) electrons. The molecule has 190 valence electrons. The topological polar surface area (TPSA) is 82.3 Å². The first kappa shape index (κ1) is 25.0. The highest BCUT2D eigenvalue weighted by Crippen LogP contribution is 2.22. The van der Waals surface area contributed by atoms with E-state index in [1.54, 1.807) is 43.8 Å². The maximum Gasteiger partial charge on any atom is 0.251 e. The third-order valence-corrected chi connectivity index (χ3v) is 6.54. The zero-order valence-corrected chi connectivity index (χ0v) is 21.3. The van der Waals surface area contributed by atoms with E-state index in [0.29, 0.717) is 33.8 Å². The van der Waals surface area contributed by atoms with Crippen molar-refractivity contribution in [1.82, 2.24) is 14.5 Å². The second kappa shape index (κ2) is 10.8. The zero-order chi connectivity index (χ0) is 26.6. The Hall–Kier alpha value is -4.62. The van der Waals surface area contributed by atoms with E-state index >= 15 is 0 Å². The summed E-state index contributed by atoms with van der Waals surface area (Å²) in [5, 5.41) is 3.79. The fourth-order valence-electron chi connectivity index (χ4n) is 4.36. The van der Waals surface area contributed by atoms with E-state index in [4.69, 9.17) is 16.3 Å². The van der Waals surface area contributed by atoms with Gasteiger partial charge in [0, 0.05) is 57.8 Å². The molecular formula is C30H24ClN3O4. The lowest BCUT2D eigenvalue weighted by atomic mass is 10.1. The predicted octanol–water partition coefficient (Wildman–Crippen LogP) is 4.79. The van der Waals surface area contributed by atoms with Crippen LogP contribution in [0.2, 0.25) is 5.02 Å². The van der Waals surface area contributed by atoms with E-state index in [0.717, 1.165) is 11.3 Å². The second-order valence-corrected chi connectivity index (χ2v) is 9.16. The summed E-state index contributed by atoms with van der Waals surface area (Å²) in [5.41, 5.74) is 2.47. The summed E-state index contributed by atoms with van der Waals surface area (Å²) in [4.78, 5) is 38.9. The Morgan fingerprint density at radius 3 is 2.45 bits per heavy atom. The maximum absolute atomic E-state index is 13.2. The number of fused-ring (bicyclic) bond motifs is 1. The van der Waals surface area contributed by atoms with Crippen LogP contribution < -0.4 is 21.0 Å². The number of ether oxygens (including phenoxy) is 1. The number of aromatic nitrogens is 2. The van der Waals surface area contributed by atoms with E-state index in [2.05, 4.69) is 5.32 Å². The van der Waals surface area contributed by atoms with Crippen molar-refractivity contribution in [3.63, 3.8) is 0 Å². The van der Waals surface area contributed by atoms with Crippen molar-refractivity contribution in [2.45, 2.75) is 13.1 Å². The Balaban J connectivity index is 1.40. The van der Waals surface area contributed by atoms with Crippen molar-refractivity contribution < 1.29 is 9.53 Å². The number of amides is 1. The lowest BCUT2D eigenvalue weighted by Crippen LogP contribution is -2.29. The van der Waals surface area contributed by atoms with E-state index < -0.39 is 5.91 Å². The largest absolute Gasteiger partial charge is 0.496 e. The van der Waals surface area contributed by atoms with Crippen LogP contribution in [-0.4, -0.2) is 22.2 Å². The van der Waals surface area contributed by atoms with Crippen LogP contribution >= 0.6 is 11.6 Å². The van der Waals surface area contributed by atoms with Crippen molar-refractivity contribution in [2.24, 2.45) is 0 Å². The second-order valence-electron chi connectivity index (χ2n) is 8.73. The summed E-state index contributed by atoms with van der Waals surface area (Å²) < 4.78 is 8.74. The molecule has 1 amide bonds. The third-order valence-electron chi connectivity index (χ3n) is 6.31. The zero-order valence-electron chi connectivity index (χ0n) is 20.6. The highest BCUT2D eigenvalue weighted by Gasteiger charge is 2.14. The van der Waals surface area contributed by atoms with Crippen LogP contribution in [0.15, 0.2) is 107 Å². The van der Waals surface area contributed by atoms with Crippen LogP contribution in [0.4, 0.5) is 0 Å². The summed E-state index contributed by atoms with van der Waals surface area (Å²) in [7, 11) is 1.58. The molecule has 8 heteroatoms. The van der Waals surface area contributed by atoms with E-state index in [1.807, 2.05) is 59.2 Å². The van der Waals surface area contributed by atoms with Crippen molar-refractivity contribution in [3.8, 4) is 11.4 Å². The Morgan fingerprint density at radius 1 is 0.921 bits per heavy atom. The molecule has 0 atom stereocenters. The lowest BCUT2D eigenvalue weighted by Gasteiger charge is -2.14. The molecule has 0 saturated heterocycles. The molecule has 0 aliphatic heterocycles. The van der Waals surface area contributed by atoms with E-state index in [1.165, 1.54) is 10.6 Å². The van der Waals surface area contributed by atoms with Gasteiger partial charge in [0.1, 0.15) is 5.75 Å². The number of benzene rings is 3. The first-order chi connectivity index (χ1) is 18.4. The van der Waals surface area contributed by atoms with Gasteiger partial charge in [0.2, 0.25) is 0 Å². The number of carbonyl (C=O) groups excluding carboxylic acids is 1. The van der Waals surface area contributed by atoms with E-state index in [9.17, 15) is 14.4 Å². The Morgan fingerprint density at radius 2 is 1.68 bits per heavy atom. The monoisotopic (exact) mass is 525 g/mol. The van der Waals surface area contributed by atoms with Crippen molar-refractivity contribution in [1.29, 1.82) is 0 Å². The number of nitrogens with zero attached hydrogens (tertiary/aromatic N) is 2. The van der Waals surface area contributed by atoms with Crippen molar-refractivity contribution in [3.05, 3.63) is 140 Å². The summed E-state index contributed by atoms with van der Waals surface area (Å²) in [6, 6.07) is 25.0. The number of rotatable bonds is 7. The fourth-order valence-corrected chi connectivity index (χ4v) is 4.52. The number of hydrogen-bond donors (Lipinski definition) is 1. The van der Waals surface area contributed by atoms with Gasteiger partial charge in [-0.05, 0) is 42.5 Å². The Kier molecular flexibility index (Phi) is 7.11. The minimum absolute atomic E-state index is 0.00658. The molecule has 7 nitrogen and oxygen atoms in total. The van der Waals surface area contributed by atoms with Crippen molar-refractivity contribution >= 4 is 28.4 Å². The molecule has 0 aliphatic carbocycles. The molecule has 0 unspecified atom stereocenters. The number of methoxy groups -OCH3 is 1. The van der Waals surface area contributed by atoms with Crippen LogP contribution in [0.5, 0.6) is 5.75 Å². The fraction of sp³-hybridized carbons (Fsp3) is 0.100. The normalized spacial score (nSPS) is 10.9. The highest BCUT2D eigenvalue weighted by molar-refractivity contribution is 6.31. The number of hydrogen-bond acceptors (Lipinski definition) is 4. The molecule has 2 aromatic heterocycles. The van der Waals surface area contributed by atoms with Gasteiger partial charge < -0.3 is 19.2 Å². The van der Waals surface area contributed by atoms with Gasteiger partial charge in [-0.15, -0.1) is 0 Å². The molecule has 38 heavy (non-hydrogen) atoms. The van der Waals surface area contributed by atoms with Crippen LogP contribution in [0.3, 0.4) is 0 Å². The summed E-state index contributed by atoms with van der Waals surface area (Å²) in [6.45, 7) is 0.304. The summed E-state index contributed by atoms with van der Waals surface area (Å²) >= 11 is 6.22. The number of nitrogens with one attached hydrogen (secondary N) is 1. The minimum Gasteiger partial charge on any atom is -0.496 e. The molecule has 1 N–H and O–H groups in total. The van der Waals surface area contributed by atoms with Gasteiger partial charge in [-0.3, -0.25) is 14.4 Å². The standard InChI is InChI=1S/C30H24ClN3O4/c1-38-27-10-6-5-7-21(27)18-33-14-13-20(15-28(33)35)30(37)32-17-22-19-34(24-8-3-2-4-9-24)26-16-23(31)11-12-25(26)29(22)36/h2-16,19H,17-18H2,1H3,(H,32,37). The van der Waals surface area contributed by atoms with Gasteiger partial charge in [0.25, 0.3) is 11.5 Å². The van der Waals surface area contributed by atoms with Crippen LogP contribution in [0.1, 0.15) is 21.5 Å².